The summed E-state index contributed by atoms with van der Waals surface area (Å²) in [6.45, 7) is 1.53. The summed E-state index contributed by atoms with van der Waals surface area (Å²) in [5.41, 5.74) is 0. The van der Waals surface area contributed by atoms with Crippen molar-refractivity contribution in [3.05, 3.63) is 0 Å². The molecule has 1 rings (SSSR count). The summed E-state index contributed by atoms with van der Waals surface area (Å²) in [6, 6.07) is 0. The molecule has 0 amide bonds. The molecule has 74 valence electrons. The van der Waals surface area contributed by atoms with Gasteiger partial charge >= 0.3 is 5.97 Å². The van der Waals surface area contributed by atoms with E-state index in [9.17, 15) is 9.59 Å². The van der Waals surface area contributed by atoms with Crippen molar-refractivity contribution in [3.8, 4) is 0 Å². The predicted molar refractivity (Wildman–Crippen MR) is 55.1 cm³/mol. The summed E-state index contributed by atoms with van der Waals surface area (Å²) in [6.07, 6.45) is 0.632. The molecular formula is C8H12O3S2. The maximum atomic E-state index is 10.8. The summed E-state index contributed by atoms with van der Waals surface area (Å²) >= 11 is 2.90. The lowest BCUT2D eigenvalue weighted by Crippen LogP contribution is -2.28. The Morgan fingerprint density at radius 2 is 2.15 bits per heavy atom. The third kappa shape index (κ3) is 3.60. The van der Waals surface area contributed by atoms with E-state index in [1.165, 1.54) is 18.7 Å². The van der Waals surface area contributed by atoms with Crippen LogP contribution in [0.25, 0.3) is 0 Å². The van der Waals surface area contributed by atoms with Crippen LogP contribution in [0.15, 0.2) is 0 Å². The van der Waals surface area contributed by atoms with Gasteiger partial charge in [-0.3, -0.25) is 9.59 Å². The number of carbonyl (C=O) groups excluding carboxylic acids is 1. The lowest BCUT2D eigenvalue weighted by atomic mass is 10.1. The van der Waals surface area contributed by atoms with E-state index >= 15 is 0 Å². The number of thioether (sulfide) groups is 2. The zero-order valence-electron chi connectivity index (χ0n) is 7.36. The average Bonchev–Trinajstić information content (AvgIpc) is 2.03. The van der Waals surface area contributed by atoms with Crippen LogP contribution in [0.5, 0.6) is 0 Å². The molecule has 3 nitrogen and oxygen atoms in total. The lowest BCUT2D eigenvalue weighted by Gasteiger charge is -2.24. The number of carbonyl (C=O) groups is 2. The average molecular weight is 220 g/mol. The first-order valence-electron chi connectivity index (χ1n) is 4.07. The highest BCUT2D eigenvalue weighted by Crippen LogP contribution is 2.31. The number of rotatable bonds is 2. The molecule has 0 aromatic heterocycles. The fraction of sp³-hybridized carbons (Fsp3) is 0.750. The van der Waals surface area contributed by atoms with Crippen molar-refractivity contribution in [2.45, 2.75) is 18.6 Å². The molecule has 13 heavy (non-hydrogen) atoms. The maximum absolute atomic E-state index is 10.8. The van der Waals surface area contributed by atoms with E-state index in [-0.39, 0.29) is 16.3 Å². The Bertz CT molecular complexity index is 217. The predicted octanol–water partition coefficient (Wildman–Crippen LogP) is 1.47. The van der Waals surface area contributed by atoms with E-state index in [2.05, 4.69) is 0 Å². The normalized spacial score (nSPS) is 28.4. The fourth-order valence-corrected chi connectivity index (χ4v) is 3.74. The van der Waals surface area contributed by atoms with Gasteiger partial charge in [-0.1, -0.05) is 11.8 Å². The molecule has 1 saturated heterocycles. The van der Waals surface area contributed by atoms with Gasteiger partial charge in [-0.25, -0.2) is 0 Å². The second kappa shape index (κ2) is 4.91. The van der Waals surface area contributed by atoms with Crippen molar-refractivity contribution in [1.29, 1.82) is 0 Å². The molecule has 0 aromatic carbocycles. The molecule has 1 aliphatic heterocycles. The van der Waals surface area contributed by atoms with Crippen molar-refractivity contribution in [3.63, 3.8) is 0 Å². The van der Waals surface area contributed by atoms with Crippen molar-refractivity contribution in [1.82, 2.24) is 0 Å². The van der Waals surface area contributed by atoms with Crippen molar-refractivity contribution < 1.29 is 14.7 Å². The van der Waals surface area contributed by atoms with Gasteiger partial charge in [0.15, 0.2) is 5.12 Å². The number of carboxylic acid groups (broad SMARTS) is 1. The van der Waals surface area contributed by atoms with Crippen LogP contribution in [0.3, 0.4) is 0 Å². The van der Waals surface area contributed by atoms with Crippen LogP contribution < -0.4 is 0 Å². The van der Waals surface area contributed by atoms with E-state index in [1.807, 2.05) is 0 Å². The molecule has 1 aliphatic rings. The molecule has 0 aliphatic carbocycles. The Morgan fingerprint density at radius 1 is 1.46 bits per heavy atom. The summed E-state index contributed by atoms with van der Waals surface area (Å²) in [7, 11) is 0. The van der Waals surface area contributed by atoms with Crippen LogP contribution in [0.2, 0.25) is 0 Å². The molecule has 2 atom stereocenters. The molecule has 1 fully saturated rings. The first-order valence-corrected chi connectivity index (χ1v) is 6.11. The van der Waals surface area contributed by atoms with Crippen LogP contribution in [0.4, 0.5) is 0 Å². The van der Waals surface area contributed by atoms with E-state index in [1.54, 1.807) is 11.8 Å². The van der Waals surface area contributed by atoms with Gasteiger partial charge in [-0.2, -0.15) is 11.8 Å². The first-order chi connectivity index (χ1) is 6.09. The third-order valence-corrected chi connectivity index (χ3v) is 4.36. The van der Waals surface area contributed by atoms with Gasteiger partial charge in [0, 0.05) is 23.7 Å². The highest BCUT2D eigenvalue weighted by Gasteiger charge is 2.28. The van der Waals surface area contributed by atoms with Crippen LogP contribution >= 0.6 is 23.5 Å². The smallest absolute Gasteiger partial charge is 0.307 e. The molecule has 1 heterocycles. The molecule has 0 radical (unpaired) electrons. The van der Waals surface area contributed by atoms with Crippen molar-refractivity contribution in [2.24, 2.45) is 5.92 Å². The van der Waals surface area contributed by atoms with Gasteiger partial charge in [0.05, 0.1) is 5.92 Å². The summed E-state index contributed by atoms with van der Waals surface area (Å²) in [5.74, 6) is 0.579. The Balaban J connectivity index is 2.41. The molecule has 0 unspecified atom stereocenters. The molecule has 1 N–H and O–H groups in total. The van der Waals surface area contributed by atoms with Gasteiger partial charge < -0.3 is 5.11 Å². The van der Waals surface area contributed by atoms with Crippen LogP contribution in [-0.4, -0.2) is 32.9 Å². The van der Waals surface area contributed by atoms with E-state index in [4.69, 9.17) is 5.11 Å². The zero-order valence-corrected chi connectivity index (χ0v) is 8.99. The van der Waals surface area contributed by atoms with Gasteiger partial charge in [0.2, 0.25) is 0 Å². The van der Waals surface area contributed by atoms with Crippen molar-refractivity contribution >= 4 is 34.6 Å². The Hall–Kier alpha value is -0.160. The van der Waals surface area contributed by atoms with Gasteiger partial charge in [-0.05, 0) is 6.42 Å². The molecule has 0 saturated carbocycles. The lowest BCUT2D eigenvalue weighted by molar-refractivity contribution is -0.141. The SMILES string of the molecule is CC(=O)S[C@@H]1CSC[C@H](C(=O)O)C1. The van der Waals surface area contributed by atoms with Gasteiger partial charge in [0.1, 0.15) is 0 Å². The van der Waals surface area contributed by atoms with Crippen LogP contribution in [-0.2, 0) is 9.59 Å². The van der Waals surface area contributed by atoms with E-state index in [0.29, 0.717) is 12.2 Å². The number of hydrogen-bond donors (Lipinski definition) is 1. The Morgan fingerprint density at radius 3 is 2.69 bits per heavy atom. The minimum absolute atomic E-state index is 0.0802. The highest BCUT2D eigenvalue weighted by molar-refractivity contribution is 8.14. The Kier molecular flexibility index (Phi) is 4.12. The summed E-state index contributed by atoms with van der Waals surface area (Å²) < 4.78 is 0. The monoisotopic (exact) mass is 220 g/mol. The topological polar surface area (TPSA) is 54.4 Å². The van der Waals surface area contributed by atoms with Crippen molar-refractivity contribution in [2.75, 3.05) is 11.5 Å². The quantitative estimate of drug-likeness (QED) is 0.763. The molecular weight excluding hydrogens is 208 g/mol. The standard InChI is InChI=1S/C8H12O3S2/c1-5(9)13-7-2-6(8(10)11)3-12-4-7/h6-7H,2-4H2,1H3,(H,10,11)/t6-,7+/m1/s1. The second-order valence-electron chi connectivity index (χ2n) is 3.04. The summed E-state index contributed by atoms with van der Waals surface area (Å²) in [4.78, 5) is 21.5. The number of aliphatic carboxylic acids is 1. The van der Waals surface area contributed by atoms with E-state index < -0.39 is 5.97 Å². The zero-order chi connectivity index (χ0) is 9.84. The highest BCUT2D eigenvalue weighted by atomic mass is 32.2. The largest absolute Gasteiger partial charge is 0.481 e. The maximum Gasteiger partial charge on any atom is 0.307 e. The van der Waals surface area contributed by atoms with Crippen LogP contribution in [0.1, 0.15) is 13.3 Å². The fourth-order valence-electron chi connectivity index (χ4n) is 1.28. The first kappa shape index (κ1) is 10.9. The van der Waals surface area contributed by atoms with Gasteiger partial charge in [-0.15, -0.1) is 0 Å². The molecule has 0 spiro atoms. The number of carboxylic acids is 1. The van der Waals surface area contributed by atoms with Crippen LogP contribution in [0, 0.1) is 5.92 Å². The minimum Gasteiger partial charge on any atom is -0.481 e. The summed E-state index contributed by atoms with van der Waals surface area (Å²) in [5, 5.41) is 9.05. The number of hydrogen-bond acceptors (Lipinski definition) is 4. The van der Waals surface area contributed by atoms with Gasteiger partial charge in [0.25, 0.3) is 0 Å². The molecule has 5 heteroatoms. The molecule has 0 bridgehead atoms. The second-order valence-corrected chi connectivity index (χ2v) is 5.59. The molecule has 0 aromatic rings. The third-order valence-electron chi connectivity index (χ3n) is 1.85. The Labute approximate surface area is 85.7 Å². The minimum atomic E-state index is -0.735. The van der Waals surface area contributed by atoms with E-state index in [0.717, 1.165) is 5.75 Å².